The standard InChI is InChI=1S/C20H25N7O/c1-6-7-8-20(25-26-20)9-10-21-18(28)12-17-15(4)24-27(16(17)5)19-22-13(2)11-14(3)23-19/h1,11H,7-10,12H2,2-5H3,(H,21,28). The van der Waals surface area contributed by atoms with Gasteiger partial charge in [-0.15, -0.1) is 12.3 Å². The summed E-state index contributed by atoms with van der Waals surface area (Å²) in [7, 11) is 0. The van der Waals surface area contributed by atoms with Crippen LogP contribution in [-0.2, 0) is 11.2 Å². The molecule has 0 atom stereocenters. The number of terminal acetylenes is 1. The van der Waals surface area contributed by atoms with E-state index in [1.807, 2.05) is 33.8 Å². The van der Waals surface area contributed by atoms with E-state index < -0.39 is 0 Å². The fourth-order valence-electron chi connectivity index (χ4n) is 3.22. The predicted molar refractivity (Wildman–Crippen MR) is 105 cm³/mol. The Morgan fingerprint density at radius 1 is 1.18 bits per heavy atom. The minimum absolute atomic E-state index is 0.0557. The number of aryl methyl sites for hydroxylation is 3. The summed E-state index contributed by atoms with van der Waals surface area (Å²) in [5, 5.41) is 15.7. The van der Waals surface area contributed by atoms with E-state index in [1.54, 1.807) is 4.68 Å². The molecule has 0 saturated heterocycles. The van der Waals surface area contributed by atoms with Crippen molar-refractivity contribution in [2.24, 2.45) is 10.2 Å². The molecule has 8 heteroatoms. The highest BCUT2D eigenvalue weighted by molar-refractivity contribution is 5.79. The van der Waals surface area contributed by atoms with Crippen LogP contribution in [0.1, 0.15) is 47.6 Å². The molecule has 1 N–H and O–H groups in total. The molecule has 0 saturated carbocycles. The molecular weight excluding hydrogens is 354 g/mol. The fourth-order valence-corrected chi connectivity index (χ4v) is 3.22. The van der Waals surface area contributed by atoms with Gasteiger partial charge in [0.15, 0.2) is 5.66 Å². The molecule has 3 rings (SSSR count). The molecule has 1 aliphatic rings. The van der Waals surface area contributed by atoms with Crippen molar-refractivity contribution in [2.45, 2.75) is 59.0 Å². The van der Waals surface area contributed by atoms with Gasteiger partial charge in [-0.05, 0) is 33.8 Å². The van der Waals surface area contributed by atoms with Gasteiger partial charge in [0.05, 0.1) is 12.1 Å². The van der Waals surface area contributed by atoms with E-state index in [1.165, 1.54) is 0 Å². The maximum Gasteiger partial charge on any atom is 0.251 e. The Labute approximate surface area is 164 Å². The number of aromatic nitrogens is 4. The van der Waals surface area contributed by atoms with Crippen LogP contribution in [0, 0.1) is 40.0 Å². The Kier molecular flexibility index (Phi) is 5.54. The van der Waals surface area contributed by atoms with Gasteiger partial charge in [0.2, 0.25) is 5.91 Å². The zero-order valence-corrected chi connectivity index (χ0v) is 16.8. The lowest BCUT2D eigenvalue weighted by molar-refractivity contribution is -0.120. The van der Waals surface area contributed by atoms with E-state index in [0.29, 0.717) is 25.3 Å². The topological polar surface area (TPSA) is 97.4 Å². The summed E-state index contributed by atoms with van der Waals surface area (Å²) < 4.78 is 1.70. The van der Waals surface area contributed by atoms with E-state index >= 15 is 0 Å². The predicted octanol–water partition coefficient (Wildman–Crippen LogP) is 2.52. The van der Waals surface area contributed by atoms with Gasteiger partial charge in [-0.25, -0.2) is 14.6 Å². The third-order valence-electron chi connectivity index (χ3n) is 4.84. The number of amides is 1. The lowest BCUT2D eigenvalue weighted by Gasteiger charge is -2.10. The number of hydrogen-bond acceptors (Lipinski definition) is 6. The van der Waals surface area contributed by atoms with E-state index in [-0.39, 0.29) is 18.0 Å². The molecule has 146 valence electrons. The first-order valence-electron chi connectivity index (χ1n) is 9.35. The third kappa shape index (κ3) is 4.42. The van der Waals surface area contributed by atoms with Crippen LogP contribution in [0.2, 0.25) is 0 Å². The number of carbonyl (C=O) groups is 1. The van der Waals surface area contributed by atoms with Crippen molar-refractivity contribution in [1.82, 2.24) is 25.1 Å². The molecule has 2 aromatic rings. The second-order valence-corrected chi connectivity index (χ2v) is 7.18. The summed E-state index contributed by atoms with van der Waals surface area (Å²) in [6.07, 6.45) is 7.60. The van der Waals surface area contributed by atoms with Gasteiger partial charge in [0.25, 0.3) is 5.95 Å². The lowest BCUT2D eigenvalue weighted by Crippen LogP contribution is -2.29. The summed E-state index contributed by atoms with van der Waals surface area (Å²) in [5.74, 6) is 3.07. The van der Waals surface area contributed by atoms with Crippen molar-refractivity contribution in [3.8, 4) is 18.3 Å². The molecule has 0 aromatic carbocycles. The first-order valence-corrected chi connectivity index (χ1v) is 9.35. The van der Waals surface area contributed by atoms with Crippen LogP contribution < -0.4 is 5.32 Å². The van der Waals surface area contributed by atoms with Gasteiger partial charge in [-0.2, -0.15) is 15.3 Å². The molecule has 1 aliphatic heterocycles. The Balaban J connectivity index is 1.62. The quantitative estimate of drug-likeness (QED) is 0.713. The molecule has 0 aliphatic carbocycles. The molecule has 2 aromatic heterocycles. The van der Waals surface area contributed by atoms with Crippen LogP contribution in [-0.4, -0.2) is 37.9 Å². The Hall–Kier alpha value is -3.08. The minimum atomic E-state index is -0.378. The molecular formula is C20H25N7O. The van der Waals surface area contributed by atoms with E-state index in [9.17, 15) is 4.79 Å². The minimum Gasteiger partial charge on any atom is -0.356 e. The monoisotopic (exact) mass is 379 g/mol. The maximum atomic E-state index is 12.4. The largest absolute Gasteiger partial charge is 0.356 e. The second-order valence-electron chi connectivity index (χ2n) is 7.18. The summed E-state index contributed by atoms with van der Waals surface area (Å²) >= 11 is 0. The Bertz CT molecular complexity index is 941. The lowest BCUT2D eigenvalue weighted by atomic mass is 10.0. The molecule has 0 radical (unpaired) electrons. The van der Waals surface area contributed by atoms with Crippen molar-refractivity contribution in [2.75, 3.05) is 6.54 Å². The molecule has 0 fully saturated rings. The highest BCUT2D eigenvalue weighted by Crippen LogP contribution is 2.36. The number of carbonyl (C=O) groups excluding carboxylic acids is 1. The first kappa shape index (κ1) is 19.7. The number of nitrogens with zero attached hydrogens (tertiary/aromatic N) is 6. The smallest absolute Gasteiger partial charge is 0.251 e. The van der Waals surface area contributed by atoms with E-state index in [0.717, 1.165) is 34.8 Å². The van der Waals surface area contributed by atoms with E-state index in [4.69, 9.17) is 6.42 Å². The van der Waals surface area contributed by atoms with Gasteiger partial charge in [0, 0.05) is 48.5 Å². The van der Waals surface area contributed by atoms with Crippen molar-refractivity contribution >= 4 is 5.91 Å². The van der Waals surface area contributed by atoms with Crippen molar-refractivity contribution < 1.29 is 4.79 Å². The highest BCUT2D eigenvalue weighted by atomic mass is 16.1. The van der Waals surface area contributed by atoms with Gasteiger partial charge in [0.1, 0.15) is 0 Å². The summed E-state index contributed by atoms with van der Waals surface area (Å²) in [4.78, 5) is 21.3. The van der Waals surface area contributed by atoms with Gasteiger partial charge in [-0.1, -0.05) is 0 Å². The molecule has 0 bridgehead atoms. The Morgan fingerprint density at radius 2 is 1.86 bits per heavy atom. The van der Waals surface area contributed by atoms with Crippen molar-refractivity contribution in [1.29, 1.82) is 0 Å². The molecule has 0 unspecified atom stereocenters. The molecule has 3 heterocycles. The van der Waals surface area contributed by atoms with Crippen LogP contribution in [0.4, 0.5) is 0 Å². The first-order chi connectivity index (χ1) is 13.3. The van der Waals surface area contributed by atoms with Crippen molar-refractivity contribution in [3.05, 3.63) is 34.4 Å². The third-order valence-corrected chi connectivity index (χ3v) is 4.84. The van der Waals surface area contributed by atoms with Crippen molar-refractivity contribution in [3.63, 3.8) is 0 Å². The zero-order chi connectivity index (χ0) is 20.3. The number of rotatable bonds is 8. The second kappa shape index (κ2) is 7.89. The van der Waals surface area contributed by atoms with Crippen LogP contribution in [0.25, 0.3) is 5.95 Å². The summed E-state index contributed by atoms with van der Waals surface area (Å²) in [6, 6.07) is 1.92. The van der Waals surface area contributed by atoms with Crippen LogP contribution in [0.15, 0.2) is 16.3 Å². The highest BCUT2D eigenvalue weighted by Gasteiger charge is 2.38. The van der Waals surface area contributed by atoms with Gasteiger partial charge < -0.3 is 5.32 Å². The zero-order valence-electron chi connectivity index (χ0n) is 16.8. The maximum absolute atomic E-state index is 12.4. The average Bonchev–Trinajstić information content (AvgIpc) is 3.35. The van der Waals surface area contributed by atoms with Crippen LogP contribution in [0.5, 0.6) is 0 Å². The van der Waals surface area contributed by atoms with Gasteiger partial charge in [-0.3, -0.25) is 4.79 Å². The molecule has 28 heavy (non-hydrogen) atoms. The number of nitrogens with one attached hydrogen (secondary N) is 1. The summed E-state index contributed by atoms with van der Waals surface area (Å²) in [6.45, 7) is 8.19. The fraction of sp³-hybridized carbons (Fsp3) is 0.500. The number of hydrogen-bond donors (Lipinski definition) is 1. The van der Waals surface area contributed by atoms with Gasteiger partial charge >= 0.3 is 0 Å². The van der Waals surface area contributed by atoms with E-state index in [2.05, 4.69) is 36.5 Å². The summed E-state index contributed by atoms with van der Waals surface area (Å²) in [5.41, 5.74) is 3.94. The molecule has 1 amide bonds. The molecule has 0 spiro atoms. The van der Waals surface area contributed by atoms with Crippen LogP contribution >= 0.6 is 0 Å². The SMILES string of the molecule is C#CCCC1(CCNC(=O)Cc2c(C)nn(-c3nc(C)cc(C)n3)c2C)N=N1. The normalized spacial score (nSPS) is 14.0. The average molecular weight is 379 g/mol. The van der Waals surface area contributed by atoms with Crippen LogP contribution in [0.3, 0.4) is 0 Å². The Morgan fingerprint density at radius 3 is 2.46 bits per heavy atom. The molecule has 8 nitrogen and oxygen atoms in total.